The van der Waals surface area contributed by atoms with Crippen molar-refractivity contribution in [1.82, 2.24) is 14.1 Å². The number of halogens is 1. The van der Waals surface area contributed by atoms with Crippen LogP contribution in [0.4, 0.5) is 0 Å². The van der Waals surface area contributed by atoms with Crippen LogP contribution in [0.15, 0.2) is 266 Å². The molecule has 6 heterocycles. The van der Waals surface area contributed by atoms with Crippen molar-refractivity contribution in [3.63, 3.8) is 0 Å². The second-order valence-electron chi connectivity index (χ2n) is 20.9. The van der Waals surface area contributed by atoms with Crippen molar-refractivity contribution >= 4 is 147 Å². The van der Waals surface area contributed by atoms with Gasteiger partial charge >= 0.3 is 0 Å². The third-order valence-corrected chi connectivity index (χ3v) is 17.0. The number of H-pyrrole nitrogens is 1. The van der Waals surface area contributed by atoms with Gasteiger partial charge in [-0.3, -0.25) is 0 Å². The van der Waals surface area contributed by atoms with Gasteiger partial charge in [-0.1, -0.05) is 169 Å². The van der Waals surface area contributed by atoms with Crippen molar-refractivity contribution in [2.24, 2.45) is 0 Å². The Hall–Kier alpha value is -10.1. The van der Waals surface area contributed by atoms with E-state index in [1.54, 1.807) is 0 Å². The number of fused-ring (bicyclic) bond motifs is 23. The zero-order chi connectivity index (χ0) is 52.6. The summed E-state index contributed by atoms with van der Waals surface area (Å²) in [7, 11) is 0. The molecule has 0 unspecified atom stereocenters. The fraction of sp³-hybridized carbons (Fsp3) is 0.0270. The van der Waals surface area contributed by atoms with E-state index in [1.165, 1.54) is 87.4 Å². The molecule has 1 aliphatic carbocycles. The molecule has 0 atom stereocenters. The summed E-state index contributed by atoms with van der Waals surface area (Å²) in [4.78, 5) is 3.53. The van der Waals surface area contributed by atoms with Crippen LogP contribution < -0.4 is 0 Å². The molecule has 6 aromatic heterocycles. The fourth-order valence-electron chi connectivity index (χ4n) is 13.0. The van der Waals surface area contributed by atoms with Crippen LogP contribution in [0.2, 0.25) is 0 Å². The Bertz CT molecular complexity index is 5570. The average Bonchev–Trinajstić information content (AvgIpc) is 4.26. The summed E-state index contributed by atoms with van der Waals surface area (Å²) < 4.78 is 24.2. The smallest absolute Gasteiger partial charge is 0.137 e. The number of hydrogen-bond acceptors (Lipinski definition) is 3. The Labute approximate surface area is 472 Å². The number of nitrogens with zero attached hydrogens (tertiary/aromatic N) is 2. The summed E-state index contributed by atoms with van der Waals surface area (Å²) in [6, 6.07) is 87.7. The summed E-state index contributed by atoms with van der Waals surface area (Å²) in [6.45, 7) is 0. The molecule has 384 valence electrons. The predicted octanol–water partition coefficient (Wildman–Crippen LogP) is 21.6. The molecule has 18 aromatic rings. The molecule has 0 saturated carbocycles. The average molecular weight is 1110 g/mol. The van der Waals surface area contributed by atoms with Crippen LogP contribution in [0.5, 0.6) is 0 Å². The number of para-hydroxylation sites is 6. The second-order valence-corrected chi connectivity index (χ2v) is 21.8. The lowest BCUT2D eigenvalue weighted by molar-refractivity contribution is 0.668. The number of furan rings is 3. The van der Waals surface area contributed by atoms with Crippen molar-refractivity contribution in [3.8, 4) is 22.5 Å². The highest BCUT2D eigenvalue weighted by molar-refractivity contribution is 9.10. The van der Waals surface area contributed by atoms with E-state index in [0.717, 1.165) is 88.3 Å². The number of nitrogens with one attached hydrogen (secondary N) is 1. The molecule has 0 aliphatic heterocycles. The molecule has 0 saturated heterocycles. The zero-order valence-corrected chi connectivity index (χ0v) is 44.5. The first-order valence-electron chi connectivity index (χ1n) is 27.0. The maximum Gasteiger partial charge on any atom is 0.137 e. The molecule has 0 bridgehead atoms. The van der Waals surface area contributed by atoms with E-state index in [0.29, 0.717) is 0 Å². The van der Waals surface area contributed by atoms with Crippen LogP contribution in [0, 0.1) is 0 Å². The number of aromatic amines is 1. The van der Waals surface area contributed by atoms with Gasteiger partial charge in [-0.2, -0.15) is 0 Å². The maximum atomic E-state index is 6.37. The minimum Gasteiger partial charge on any atom is -0.456 e. The topological polar surface area (TPSA) is 65.1 Å². The van der Waals surface area contributed by atoms with Gasteiger partial charge in [0, 0.05) is 104 Å². The molecule has 12 aromatic carbocycles. The Balaban J connectivity index is 0.000000126. The van der Waals surface area contributed by atoms with Gasteiger partial charge in [-0.25, -0.2) is 0 Å². The first-order valence-corrected chi connectivity index (χ1v) is 27.8. The highest BCUT2D eigenvalue weighted by Crippen LogP contribution is 2.45. The second kappa shape index (κ2) is 18.2. The third-order valence-electron chi connectivity index (χ3n) is 16.5. The van der Waals surface area contributed by atoms with Gasteiger partial charge in [0.2, 0.25) is 0 Å². The van der Waals surface area contributed by atoms with Crippen molar-refractivity contribution in [1.29, 1.82) is 0 Å². The minimum atomic E-state index is 0. The van der Waals surface area contributed by atoms with Gasteiger partial charge in [0.1, 0.15) is 33.5 Å². The van der Waals surface area contributed by atoms with Crippen molar-refractivity contribution in [2.45, 2.75) is 13.8 Å². The Kier molecular flexibility index (Phi) is 10.6. The standard InChI is InChI=1S/C42H24N2O2.C19H13N.C12H7BrO.CH4/c1-5-13-34-27(9-1)32-21-22-36-41(42(32)44(34)26-18-20-31-29-11-4-8-16-38(29)46-40(31)24-26)33-12-2-6-14-35(33)43(36)25-17-19-30-28-10-3-7-15-37(28)45-39(30)23-25;1-2-6-13-12(5-1)11-16-14(13)9-10-18-19(16)15-7-3-4-8-17(15)20-18;13-8-5-6-10-9-3-1-2-4-11(9)14-12(10)7-8;/h1-24H;1-10,20H,11H2;1-7H;1H4. The lowest BCUT2D eigenvalue weighted by Gasteiger charge is -2.10. The summed E-state index contributed by atoms with van der Waals surface area (Å²) in [6.07, 6.45) is 1.05. The van der Waals surface area contributed by atoms with Gasteiger partial charge in [0.15, 0.2) is 0 Å². The third kappa shape index (κ3) is 7.18. The summed E-state index contributed by atoms with van der Waals surface area (Å²) >= 11 is 3.43. The SMILES string of the molecule is Brc1ccc2c(c1)oc1ccccc12.C.c1ccc2c(c1)Cc1c-2ccc2[nH]c3ccccc3c12.c1ccc2c(c1)oc1cc(-n3c4ccccc4c4c3ccc3c5ccccc5n(-c5ccc6c(c5)oc5ccccc56)c34)ccc12. The van der Waals surface area contributed by atoms with E-state index in [4.69, 9.17) is 13.3 Å². The number of hydrogen-bond donors (Lipinski definition) is 1. The lowest BCUT2D eigenvalue weighted by atomic mass is 10.0. The van der Waals surface area contributed by atoms with E-state index in [1.807, 2.05) is 54.6 Å². The Morgan fingerprint density at radius 1 is 0.333 bits per heavy atom. The molecule has 1 aliphatic rings. The maximum absolute atomic E-state index is 6.37. The number of benzene rings is 12. The Morgan fingerprint density at radius 2 is 0.827 bits per heavy atom. The minimum absolute atomic E-state index is 0. The fourth-order valence-corrected chi connectivity index (χ4v) is 13.4. The first-order chi connectivity index (χ1) is 39.6. The van der Waals surface area contributed by atoms with Gasteiger partial charge < -0.3 is 27.4 Å². The van der Waals surface area contributed by atoms with Crippen LogP contribution in [0.3, 0.4) is 0 Å². The molecular weight excluding hydrogens is 1060 g/mol. The van der Waals surface area contributed by atoms with E-state index in [-0.39, 0.29) is 7.43 Å². The predicted molar refractivity (Wildman–Crippen MR) is 342 cm³/mol. The van der Waals surface area contributed by atoms with Crippen LogP contribution in [0.25, 0.3) is 154 Å². The van der Waals surface area contributed by atoms with Crippen LogP contribution in [0.1, 0.15) is 18.6 Å². The quantitative estimate of drug-likeness (QED) is 0.188. The molecule has 0 spiro atoms. The van der Waals surface area contributed by atoms with E-state index in [2.05, 4.69) is 224 Å². The van der Waals surface area contributed by atoms with Crippen molar-refractivity contribution in [3.05, 3.63) is 264 Å². The summed E-state index contributed by atoms with van der Waals surface area (Å²) in [5, 5.41) is 14.5. The molecular formula is C74H48BrN3O3. The molecule has 0 fully saturated rings. The van der Waals surface area contributed by atoms with Crippen LogP contribution in [-0.4, -0.2) is 14.1 Å². The largest absolute Gasteiger partial charge is 0.456 e. The zero-order valence-electron chi connectivity index (χ0n) is 42.9. The van der Waals surface area contributed by atoms with Gasteiger partial charge in [-0.15, -0.1) is 0 Å². The summed E-state index contributed by atoms with van der Waals surface area (Å²) in [5.41, 5.74) is 20.5. The summed E-state index contributed by atoms with van der Waals surface area (Å²) in [5.74, 6) is 0. The van der Waals surface area contributed by atoms with Gasteiger partial charge in [-0.05, 0) is 120 Å². The number of rotatable bonds is 2. The highest BCUT2D eigenvalue weighted by Gasteiger charge is 2.24. The molecule has 19 rings (SSSR count). The van der Waals surface area contributed by atoms with Gasteiger partial charge in [0.25, 0.3) is 0 Å². The number of aromatic nitrogens is 3. The van der Waals surface area contributed by atoms with Crippen molar-refractivity contribution in [2.75, 3.05) is 0 Å². The highest BCUT2D eigenvalue weighted by atomic mass is 79.9. The monoisotopic (exact) mass is 1110 g/mol. The molecule has 6 nitrogen and oxygen atoms in total. The molecule has 7 heteroatoms. The van der Waals surface area contributed by atoms with E-state index >= 15 is 0 Å². The lowest BCUT2D eigenvalue weighted by Crippen LogP contribution is -1.95. The van der Waals surface area contributed by atoms with Crippen LogP contribution in [-0.2, 0) is 6.42 Å². The molecule has 1 N–H and O–H groups in total. The van der Waals surface area contributed by atoms with Crippen molar-refractivity contribution < 1.29 is 13.3 Å². The molecule has 0 radical (unpaired) electrons. The van der Waals surface area contributed by atoms with Crippen LogP contribution >= 0.6 is 15.9 Å². The molecule has 81 heavy (non-hydrogen) atoms. The molecule has 0 amide bonds. The van der Waals surface area contributed by atoms with E-state index < -0.39 is 0 Å². The van der Waals surface area contributed by atoms with Gasteiger partial charge in [0.05, 0.1) is 22.1 Å². The Morgan fingerprint density at radius 3 is 1.49 bits per heavy atom. The van der Waals surface area contributed by atoms with E-state index in [9.17, 15) is 0 Å². The normalized spacial score (nSPS) is 12.1. The first kappa shape index (κ1) is 47.0.